The maximum absolute atomic E-state index is 14.2. The molecule has 3 aromatic carbocycles. The number of hydrogen-bond acceptors (Lipinski definition) is 5. The molecule has 0 fully saturated rings. The number of carbonyl (C=O) groups is 2. The molecule has 0 saturated heterocycles. The molecule has 186 valence electrons. The molecule has 3 heterocycles. The van der Waals surface area contributed by atoms with E-state index in [9.17, 15) is 22.8 Å². The molecule has 1 unspecified atom stereocenters. The van der Waals surface area contributed by atoms with Gasteiger partial charge in [-0.3, -0.25) is 14.3 Å². The highest BCUT2D eigenvalue weighted by Gasteiger charge is 2.37. The highest BCUT2D eigenvalue weighted by molar-refractivity contribution is 7.13. The van der Waals surface area contributed by atoms with Crippen molar-refractivity contribution < 1.29 is 22.8 Å². The maximum atomic E-state index is 14.2. The average molecular weight is 542 g/mol. The lowest BCUT2D eigenvalue weighted by Gasteiger charge is -2.18. The summed E-state index contributed by atoms with van der Waals surface area (Å²) < 4.78 is 46.8. The molecule has 2 amide bonds. The van der Waals surface area contributed by atoms with E-state index in [2.05, 4.69) is 20.1 Å². The lowest BCUT2D eigenvalue weighted by atomic mass is 9.94. The second kappa shape index (κ2) is 8.86. The second-order valence-corrected chi connectivity index (χ2v) is 9.63. The molecule has 0 spiro atoms. The lowest BCUT2D eigenvalue weighted by molar-refractivity contribution is 0.0960. The van der Waals surface area contributed by atoms with E-state index >= 15 is 0 Å². The Hall–Kier alpha value is -3.96. The highest BCUT2D eigenvalue weighted by atomic mass is 35.5. The highest BCUT2D eigenvalue weighted by Crippen LogP contribution is 2.43. The molecule has 12 heteroatoms. The molecule has 1 atom stereocenters. The van der Waals surface area contributed by atoms with E-state index in [1.807, 2.05) is 12.1 Å². The van der Waals surface area contributed by atoms with E-state index in [1.54, 1.807) is 12.1 Å². The lowest BCUT2D eigenvalue weighted by Crippen LogP contribution is -2.21. The first kappa shape index (κ1) is 23.4. The van der Waals surface area contributed by atoms with Crippen LogP contribution in [-0.4, -0.2) is 32.4 Å². The fourth-order valence-electron chi connectivity index (χ4n) is 4.63. The quantitative estimate of drug-likeness (QED) is 0.295. The van der Waals surface area contributed by atoms with Crippen LogP contribution < -0.4 is 10.6 Å². The second-order valence-electron chi connectivity index (χ2n) is 8.42. The molecule has 7 nitrogen and oxygen atoms in total. The number of benzene rings is 3. The molecule has 2 N–H and O–H groups in total. The smallest absolute Gasteiger partial charge is 0.276 e. The Labute approximate surface area is 216 Å². The molecule has 1 aliphatic rings. The van der Waals surface area contributed by atoms with Crippen LogP contribution in [0.1, 0.15) is 38.0 Å². The Balaban J connectivity index is 1.55. The van der Waals surface area contributed by atoms with Crippen molar-refractivity contribution in [2.75, 3.05) is 5.32 Å². The minimum absolute atomic E-state index is 0.141. The van der Waals surface area contributed by atoms with Crippen LogP contribution in [0.3, 0.4) is 0 Å². The first-order valence-corrected chi connectivity index (χ1v) is 12.2. The van der Waals surface area contributed by atoms with E-state index in [0.29, 0.717) is 16.3 Å². The zero-order valence-electron chi connectivity index (χ0n) is 18.6. The van der Waals surface area contributed by atoms with Crippen molar-refractivity contribution in [3.05, 3.63) is 88.0 Å². The molecule has 0 aliphatic carbocycles. The number of anilines is 1. The van der Waals surface area contributed by atoms with Crippen molar-refractivity contribution in [3.63, 3.8) is 0 Å². The summed E-state index contributed by atoms with van der Waals surface area (Å²) in [5, 5.41) is 10.8. The number of nitrogens with zero attached hydrogens (tertiary/aromatic N) is 3. The predicted octanol–water partition coefficient (Wildman–Crippen LogP) is 5.79. The molecule has 0 bridgehead atoms. The van der Waals surface area contributed by atoms with E-state index in [4.69, 9.17) is 11.6 Å². The van der Waals surface area contributed by atoms with Gasteiger partial charge in [0, 0.05) is 32.6 Å². The van der Waals surface area contributed by atoms with Crippen molar-refractivity contribution in [1.82, 2.24) is 19.5 Å². The maximum Gasteiger partial charge on any atom is 0.276 e. The minimum Gasteiger partial charge on any atom is -0.341 e. The molecular weight excluding hydrogens is 527 g/mol. The molecular formula is C25H15ClF3N5O2S. The Bertz CT molecular complexity index is 1730. The van der Waals surface area contributed by atoms with Gasteiger partial charge < -0.3 is 10.6 Å². The van der Waals surface area contributed by atoms with Gasteiger partial charge >= 0.3 is 0 Å². The van der Waals surface area contributed by atoms with Gasteiger partial charge in [-0.25, -0.2) is 13.2 Å². The van der Waals surface area contributed by atoms with E-state index in [-0.39, 0.29) is 33.0 Å². The topological polar surface area (TPSA) is 88.9 Å². The van der Waals surface area contributed by atoms with Crippen molar-refractivity contribution in [1.29, 1.82) is 0 Å². The molecule has 0 saturated carbocycles. The number of fused-ring (bicyclic) bond motifs is 4. The molecule has 6 rings (SSSR count). The Morgan fingerprint density at radius 1 is 1.19 bits per heavy atom. The largest absolute Gasteiger partial charge is 0.341 e. The van der Waals surface area contributed by atoms with Crippen molar-refractivity contribution in [3.8, 4) is 0 Å². The summed E-state index contributed by atoms with van der Waals surface area (Å²) in [4.78, 5) is 26.5. The van der Waals surface area contributed by atoms with Gasteiger partial charge in [-0.05, 0) is 41.9 Å². The van der Waals surface area contributed by atoms with Crippen molar-refractivity contribution >= 4 is 61.6 Å². The third-order valence-electron chi connectivity index (χ3n) is 6.20. The number of nitrogens with one attached hydrogen (secondary N) is 2. The van der Waals surface area contributed by atoms with Gasteiger partial charge in [0.25, 0.3) is 18.2 Å². The first-order chi connectivity index (χ1) is 17.8. The van der Waals surface area contributed by atoms with E-state index < -0.39 is 36.6 Å². The zero-order chi connectivity index (χ0) is 25.8. The van der Waals surface area contributed by atoms with Gasteiger partial charge in [-0.1, -0.05) is 29.8 Å². The molecule has 2 aromatic heterocycles. The fourth-order valence-corrected chi connectivity index (χ4v) is 5.63. The standard InChI is InChI=1S/C25H15ClF3N5O2S/c26-15-6-5-11(27)7-13(15)22-21-16(31-25(36)23-12-3-1-2-4-18(12)37-33-23)8-17-14(20(21)24(35)32-22)9-30-34(17)10-19(28)29/h1-9,19,22H,10H2,(H,31,36)(H,32,35). The van der Waals surface area contributed by atoms with Crippen molar-refractivity contribution in [2.45, 2.75) is 19.0 Å². The third kappa shape index (κ3) is 3.91. The van der Waals surface area contributed by atoms with Gasteiger partial charge in [0.2, 0.25) is 0 Å². The SMILES string of the molecule is O=C(Nc1cc2c(cnn2CC(F)F)c2c1C(c1cc(F)ccc1Cl)NC2=O)c1nsc2ccccc12. The first-order valence-electron chi connectivity index (χ1n) is 11.0. The van der Waals surface area contributed by atoms with Crippen LogP contribution in [0.5, 0.6) is 0 Å². The summed E-state index contributed by atoms with van der Waals surface area (Å²) in [7, 11) is 0. The number of hydrogen-bond donors (Lipinski definition) is 2. The number of rotatable bonds is 5. The van der Waals surface area contributed by atoms with E-state index in [0.717, 1.165) is 20.9 Å². The van der Waals surface area contributed by atoms with Crippen molar-refractivity contribution in [2.24, 2.45) is 0 Å². The third-order valence-corrected chi connectivity index (χ3v) is 7.37. The minimum atomic E-state index is -2.69. The number of halogens is 4. The molecule has 1 aliphatic heterocycles. The van der Waals surface area contributed by atoms with Gasteiger partial charge in [0.05, 0.1) is 28.0 Å². The number of carbonyl (C=O) groups excluding carboxylic acids is 2. The van der Waals surface area contributed by atoms with Gasteiger partial charge in [-0.15, -0.1) is 0 Å². The van der Waals surface area contributed by atoms with Crippen LogP contribution in [0.2, 0.25) is 5.02 Å². The average Bonchev–Trinajstić information content (AvgIpc) is 3.56. The van der Waals surface area contributed by atoms with Crippen LogP contribution in [-0.2, 0) is 6.54 Å². The van der Waals surface area contributed by atoms with Crippen LogP contribution in [0.15, 0.2) is 54.7 Å². The predicted molar refractivity (Wildman–Crippen MR) is 134 cm³/mol. The van der Waals surface area contributed by atoms with Crippen LogP contribution >= 0.6 is 23.1 Å². The van der Waals surface area contributed by atoms with Gasteiger partial charge in [-0.2, -0.15) is 9.47 Å². The molecule has 37 heavy (non-hydrogen) atoms. The Kier molecular flexibility index (Phi) is 5.61. The zero-order valence-corrected chi connectivity index (χ0v) is 20.2. The van der Waals surface area contributed by atoms with Crippen LogP contribution in [0, 0.1) is 5.82 Å². The monoisotopic (exact) mass is 541 g/mol. The summed E-state index contributed by atoms with van der Waals surface area (Å²) in [6.07, 6.45) is -1.37. The molecule has 0 radical (unpaired) electrons. The van der Waals surface area contributed by atoms with Crippen LogP contribution in [0.25, 0.3) is 21.0 Å². The Morgan fingerprint density at radius 3 is 2.81 bits per heavy atom. The van der Waals surface area contributed by atoms with Gasteiger partial charge in [0.1, 0.15) is 18.1 Å². The van der Waals surface area contributed by atoms with E-state index in [1.165, 1.54) is 30.5 Å². The molecule has 5 aromatic rings. The van der Waals surface area contributed by atoms with Gasteiger partial charge in [0.15, 0.2) is 0 Å². The van der Waals surface area contributed by atoms with Crippen LogP contribution in [0.4, 0.5) is 18.9 Å². The number of aromatic nitrogens is 3. The summed E-state index contributed by atoms with van der Waals surface area (Å²) in [5.74, 6) is -1.65. The summed E-state index contributed by atoms with van der Waals surface area (Å²) >= 11 is 7.52. The number of amides is 2. The normalized spacial score (nSPS) is 14.9. The summed E-state index contributed by atoms with van der Waals surface area (Å²) in [5.41, 5.74) is 1.33. The summed E-state index contributed by atoms with van der Waals surface area (Å²) in [6.45, 7) is -0.701. The fraction of sp³-hybridized carbons (Fsp3) is 0.120. The number of alkyl halides is 2. The Morgan fingerprint density at radius 2 is 2.00 bits per heavy atom. The summed E-state index contributed by atoms with van der Waals surface area (Å²) in [6, 6.07) is 11.6.